The molecule has 7 aromatic carbocycles. The van der Waals surface area contributed by atoms with Gasteiger partial charge in [-0.3, -0.25) is 0 Å². The van der Waals surface area contributed by atoms with Gasteiger partial charge in [-0.05, 0) is 72.5 Å². The highest BCUT2D eigenvalue weighted by atomic mass is 15.1. The van der Waals surface area contributed by atoms with E-state index in [9.17, 15) is 0 Å². The Hall–Kier alpha value is -7.30. The summed E-state index contributed by atoms with van der Waals surface area (Å²) in [6.45, 7) is 14.0. The summed E-state index contributed by atoms with van der Waals surface area (Å²) in [5.41, 5.74) is 15.2. The van der Waals surface area contributed by atoms with Crippen LogP contribution in [0.2, 0.25) is 0 Å². The average molecular weight is 773 g/mol. The Bertz CT molecular complexity index is 3310. The number of nitrogens with zero attached hydrogens (tertiary/aromatic N) is 4. The van der Waals surface area contributed by atoms with Crippen LogP contribution in [0.4, 0.5) is 0 Å². The molecule has 288 valence electrons. The molecule has 0 bridgehead atoms. The molecule has 0 spiro atoms. The molecule has 60 heavy (non-hydrogen) atoms. The maximum Gasteiger partial charge on any atom is 0.159 e. The third-order valence-electron chi connectivity index (χ3n) is 12.7. The van der Waals surface area contributed by atoms with Crippen molar-refractivity contribution >= 4 is 49.2 Å². The summed E-state index contributed by atoms with van der Waals surface area (Å²) in [7, 11) is 0. The number of rotatable bonds is 7. The van der Waals surface area contributed by atoms with Crippen LogP contribution >= 0.6 is 0 Å². The van der Waals surface area contributed by atoms with Gasteiger partial charge in [-0.25, -0.2) is 9.97 Å². The van der Waals surface area contributed by atoms with Crippen LogP contribution in [0.3, 0.4) is 0 Å². The monoisotopic (exact) mass is 772 g/mol. The molecule has 0 saturated carbocycles. The molecule has 11 rings (SSSR count). The summed E-state index contributed by atoms with van der Waals surface area (Å²) < 4.78 is 5.01. The molecule has 0 atom stereocenters. The highest BCUT2D eigenvalue weighted by Gasteiger charge is 2.39. The molecular formula is C56H44N4. The molecule has 0 N–H and O–H groups in total. The Labute approximate surface area is 350 Å². The van der Waals surface area contributed by atoms with E-state index in [4.69, 9.17) is 9.97 Å². The summed E-state index contributed by atoms with van der Waals surface area (Å²) in [5, 5.41) is 5.00. The zero-order chi connectivity index (χ0) is 40.8. The van der Waals surface area contributed by atoms with Crippen molar-refractivity contribution in [3.63, 3.8) is 0 Å². The number of para-hydroxylation sites is 2. The van der Waals surface area contributed by atoms with Gasteiger partial charge in [0.2, 0.25) is 0 Å². The molecule has 4 nitrogen and oxygen atoms in total. The zero-order valence-electron chi connectivity index (χ0n) is 34.3. The first-order valence-electron chi connectivity index (χ1n) is 20.8. The van der Waals surface area contributed by atoms with Gasteiger partial charge < -0.3 is 9.13 Å². The van der Waals surface area contributed by atoms with E-state index in [0.717, 1.165) is 33.8 Å². The van der Waals surface area contributed by atoms with Crippen LogP contribution in [-0.4, -0.2) is 19.1 Å². The Kier molecular flexibility index (Phi) is 7.98. The highest BCUT2D eigenvalue weighted by molar-refractivity contribution is 6.20. The number of hydrogen-bond acceptors (Lipinski definition) is 2. The Morgan fingerprint density at radius 2 is 1.17 bits per heavy atom. The van der Waals surface area contributed by atoms with E-state index in [1.807, 2.05) is 36.4 Å². The molecule has 0 radical (unpaired) electrons. The standard InChI is InChI=1S/C56H44N4/c1-36(54-57-47(37-19-9-6-10-20-37)34-48(58-54)38-21-11-7-12-22-38)31-32-55(2,3)60-51-35-50-44(41-26-16-18-28-49(41)59(50)39-23-13-8-14-24-39)33-45(51)43-30-29-42-40-25-15-17-27-46(40)56(4,5)52(42)53(43)60/h6-35H,1H2,2-5H3/b32-31-. The Balaban J connectivity index is 1.15. The number of hydrogen-bond donors (Lipinski definition) is 0. The summed E-state index contributed by atoms with van der Waals surface area (Å²) >= 11 is 0. The predicted octanol–water partition coefficient (Wildman–Crippen LogP) is 14.3. The molecule has 3 heterocycles. The van der Waals surface area contributed by atoms with E-state index >= 15 is 0 Å². The number of benzene rings is 7. The second-order valence-electron chi connectivity index (χ2n) is 17.2. The third kappa shape index (κ3) is 5.44. The predicted molar refractivity (Wildman–Crippen MR) is 252 cm³/mol. The lowest BCUT2D eigenvalue weighted by molar-refractivity contribution is 0.482. The van der Waals surface area contributed by atoms with Gasteiger partial charge in [-0.2, -0.15) is 0 Å². The summed E-state index contributed by atoms with van der Waals surface area (Å²) in [6, 6.07) is 60.8. The van der Waals surface area contributed by atoms with Crippen molar-refractivity contribution in [2.75, 3.05) is 0 Å². The van der Waals surface area contributed by atoms with Crippen LogP contribution in [0, 0.1) is 0 Å². The van der Waals surface area contributed by atoms with E-state index in [-0.39, 0.29) is 5.41 Å². The van der Waals surface area contributed by atoms with E-state index in [1.54, 1.807) is 0 Å². The van der Waals surface area contributed by atoms with Gasteiger partial charge in [0.15, 0.2) is 5.82 Å². The van der Waals surface area contributed by atoms with Crippen LogP contribution in [0.5, 0.6) is 0 Å². The first kappa shape index (κ1) is 35.8. The van der Waals surface area contributed by atoms with Gasteiger partial charge in [0.05, 0.1) is 39.0 Å². The van der Waals surface area contributed by atoms with Crippen LogP contribution < -0.4 is 0 Å². The van der Waals surface area contributed by atoms with Crippen molar-refractivity contribution in [1.29, 1.82) is 0 Å². The first-order valence-corrected chi connectivity index (χ1v) is 20.8. The number of fused-ring (bicyclic) bond motifs is 10. The second kappa shape index (κ2) is 13.4. The van der Waals surface area contributed by atoms with Crippen molar-refractivity contribution < 1.29 is 0 Å². The van der Waals surface area contributed by atoms with E-state index in [2.05, 4.69) is 189 Å². The minimum Gasteiger partial charge on any atom is -0.331 e. The van der Waals surface area contributed by atoms with Crippen molar-refractivity contribution in [2.24, 2.45) is 0 Å². The smallest absolute Gasteiger partial charge is 0.159 e. The minimum atomic E-state index is -0.514. The molecular weight excluding hydrogens is 729 g/mol. The lowest BCUT2D eigenvalue weighted by Gasteiger charge is -2.30. The number of aromatic nitrogens is 4. The van der Waals surface area contributed by atoms with Crippen molar-refractivity contribution in [3.05, 3.63) is 206 Å². The van der Waals surface area contributed by atoms with Crippen LogP contribution in [-0.2, 0) is 11.0 Å². The average Bonchev–Trinajstić information content (AvgIpc) is 3.88. The van der Waals surface area contributed by atoms with Gasteiger partial charge in [-0.1, -0.05) is 166 Å². The van der Waals surface area contributed by atoms with Crippen molar-refractivity contribution in [1.82, 2.24) is 19.1 Å². The summed E-state index contributed by atoms with van der Waals surface area (Å²) in [6.07, 6.45) is 4.42. The summed E-state index contributed by atoms with van der Waals surface area (Å²) in [4.78, 5) is 10.2. The van der Waals surface area contributed by atoms with Gasteiger partial charge in [0, 0.05) is 49.3 Å². The van der Waals surface area contributed by atoms with Crippen molar-refractivity contribution in [3.8, 4) is 39.3 Å². The maximum absolute atomic E-state index is 5.10. The zero-order valence-corrected chi connectivity index (χ0v) is 34.3. The van der Waals surface area contributed by atoms with Gasteiger partial charge in [0.25, 0.3) is 0 Å². The first-order chi connectivity index (χ1) is 29.2. The lowest BCUT2D eigenvalue weighted by Crippen LogP contribution is -2.25. The van der Waals surface area contributed by atoms with E-state index < -0.39 is 5.54 Å². The fourth-order valence-corrected chi connectivity index (χ4v) is 9.83. The highest BCUT2D eigenvalue weighted by Crippen LogP contribution is 2.54. The molecule has 0 amide bonds. The van der Waals surface area contributed by atoms with E-state index in [1.165, 1.54) is 65.9 Å². The fourth-order valence-electron chi connectivity index (χ4n) is 9.83. The normalized spacial score (nSPS) is 13.5. The topological polar surface area (TPSA) is 35.6 Å². The summed E-state index contributed by atoms with van der Waals surface area (Å²) in [5.74, 6) is 0.607. The SMILES string of the molecule is C=C(/C=C\C(C)(C)n1c2cc3c(cc2c2ccc4c(c21)C(C)(C)c1ccccc1-4)c1ccccc1n3-c1ccccc1)c1nc(-c2ccccc2)cc(-c2ccccc2)n1. The molecule has 0 unspecified atom stereocenters. The fraction of sp³-hybridized carbons (Fsp3) is 0.107. The molecule has 4 heteroatoms. The molecule has 10 aromatic rings. The molecule has 1 aliphatic carbocycles. The largest absolute Gasteiger partial charge is 0.331 e. The molecule has 0 aliphatic heterocycles. The Morgan fingerprint density at radius 3 is 1.87 bits per heavy atom. The maximum atomic E-state index is 5.10. The molecule has 1 aliphatic rings. The minimum absolute atomic E-state index is 0.216. The van der Waals surface area contributed by atoms with Gasteiger partial charge in [0.1, 0.15) is 0 Å². The Morgan fingerprint density at radius 1 is 0.567 bits per heavy atom. The molecule has 3 aromatic heterocycles. The van der Waals surface area contributed by atoms with Gasteiger partial charge >= 0.3 is 0 Å². The van der Waals surface area contributed by atoms with Crippen molar-refractivity contribution in [2.45, 2.75) is 38.6 Å². The van der Waals surface area contributed by atoms with E-state index in [0.29, 0.717) is 5.82 Å². The number of allylic oxidation sites excluding steroid dienone is 3. The van der Waals surface area contributed by atoms with Gasteiger partial charge in [-0.15, -0.1) is 0 Å². The molecule has 0 fully saturated rings. The second-order valence-corrected chi connectivity index (χ2v) is 17.2. The quantitative estimate of drug-likeness (QED) is 0.151. The van der Waals surface area contributed by atoms with Crippen LogP contribution in [0.15, 0.2) is 189 Å². The third-order valence-corrected chi connectivity index (χ3v) is 12.7. The van der Waals surface area contributed by atoms with Crippen LogP contribution in [0.25, 0.3) is 88.5 Å². The van der Waals surface area contributed by atoms with Crippen LogP contribution in [0.1, 0.15) is 44.6 Å². The molecule has 0 saturated heterocycles. The lowest BCUT2D eigenvalue weighted by atomic mass is 9.81.